The van der Waals surface area contributed by atoms with Gasteiger partial charge in [-0.3, -0.25) is 18.9 Å². The lowest BCUT2D eigenvalue weighted by Gasteiger charge is -2.15. The number of hydrogen-bond donors (Lipinski definition) is 4. The highest BCUT2D eigenvalue weighted by Gasteiger charge is 2.36. The molecule has 2 rings (SSSR count). The van der Waals surface area contributed by atoms with Crippen LogP contribution >= 0.6 is 19.6 Å². The topological polar surface area (TPSA) is 142 Å². The highest BCUT2D eigenvalue weighted by molar-refractivity contribution is 8.00. The molecule has 9 nitrogen and oxygen atoms in total. The predicted molar refractivity (Wildman–Crippen MR) is 75.1 cm³/mol. The summed E-state index contributed by atoms with van der Waals surface area (Å²) in [5, 5.41) is 6.02. The Morgan fingerprint density at radius 3 is 2.95 bits per heavy atom. The van der Waals surface area contributed by atoms with E-state index in [2.05, 4.69) is 4.52 Å². The number of thioether (sulfide) groups is 1. The molecule has 2 heterocycles. The SMILES string of the molecule is [2H][13C]1(O)[13C@@H](COP(=O)(O)O)S[13C@@]([2H])(n2cc(C)c(=O)[nH]c2=O)[13C]1([2H])[2H]. The lowest BCUT2D eigenvalue weighted by molar-refractivity contribution is 0.128. The van der Waals surface area contributed by atoms with Gasteiger partial charge in [0.05, 0.1) is 26.0 Å². The molecule has 3 atom stereocenters. The molecule has 1 aliphatic heterocycles. The van der Waals surface area contributed by atoms with Crippen molar-refractivity contribution >= 4 is 19.6 Å². The summed E-state index contributed by atoms with van der Waals surface area (Å²) in [6.45, 7) is 0.376. The normalized spacial score (nSPS) is 38.4. The number of rotatable bonds is 4. The largest absolute Gasteiger partial charge is 0.469 e. The van der Waals surface area contributed by atoms with E-state index < -0.39 is 48.7 Å². The lowest BCUT2D eigenvalue weighted by Crippen LogP contribution is -2.32. The molecule has 4 N–H and O–H groups in total. The van der Waals surface area contributed by atoms with Gasteiger partial charge in [0.15, 0.2) is 0 Å². The minimum absolute atomic E-state index is 0.00828. The summed E-state index contributed by atoms with van der Waals surface area (Å²) in [7, 11) is -4.96. The van der Waals surface area contributed by atoms with Crippen molar-refractivity contribution in [1.82, 2.24) is 9.55 Å². The number of phosphoric ester groups is 1. The molecule has 21 heavy (non-hydrogen) atoms. The number of nitrogens with zero attached hydrogens (tertiary/aromatic N) is 1. The van der Waals surface area contributed by atoms with Crippen molar-refractivity contribution in [3.8, 4) is 0 Å². The Kier molecular flexibility index (Phi) is 3.37. The van der Waals surface area contributed by atoms with E-state index in [1.165, 1.54) is 6.92 Å². The summed E-state index contributed by atoms with van der Waals surface area (Å²) >= 11 is 0.276. The molecule has 1 saturated heterocycles. The summed E-state index contributed by atoms with van der Waals surface area (Å²) in [5.41, 5.74) is -1.88. The molecular weight excluding hydrogens is 327 g/mol. The summed E-state index contributed by atoms with van der Waals surface area (Å²) in [6.07, 6.45) is -5.17. The quantitative estimate of drug-likeness (QED) is 0.415. The van der Waals surface area contributed by atoms with Crippen LogP contribution in [-0.2, 0) is 9.09 Å². The van der Waals surface area contributed by atoms with E-state index in [4.69, 9.17) is 15.3 Å². The molecule has 0 bridgehead atoms. The third-order valence-corrected chi connectivity index (χ3v) is 4.18. The standard InChI is InChI=1S/C10H15N2O7PS/c1-5-3-12(10(15)11-9(5)14)8-2-6(13)7(21-8)4-19-20(16,17)18/h3,6-8,13H,2,4H2,1H3,(H,11,14,15)(H2,16,17,18)/t6?,7-,8-/m1/s1/i2+1D2,6+1D,7+1,8+1D. The van der Waals surface area contributed by atoms with Gasteiger partial charge in [-0.25, -0.2) is 9.36 Å². The van der Waals surface area contributed by atoms with Gasteiger partial charge in [-0.1, -0.05) is 0 Å². The molecule has 1 aliphatic rings. The minimum Gasteiger partial charge on any atom is -0.392 e. The zero-order valence-electron chi connectivity index (χ0n) is 14.6. The van der Waals surface area contributed by atoms with Crippen molar-refractivity contribution in [2.75, 3.05) is 6.61 Å². The van der Waals surface area contributed by atoms with Gasteiger partial charge in [0.2, 0.25) is 0 Å². The van der Waals surface area contributed by atoms with Gasteiger partial charge in [0.25, 0.3) is 5.56 Å². The Labute approximate surface area is 128 Å². The Morgan fingerprint density at radius 2 is 2.33 bits per heavy atom. The summed E-state index contributed by atoms with van der Waals surface area (Å²) in [4.78, 5) is 42.8. The van der Waals surface area contributed by atoms with Crippen LogP contribution in [0.25, 0.3) is 0 Å². The van der Waals surface area contributed by atoms with Crippen molar-refractivity contribution < 1.29 is 29.5 Å². The summed E-state index contributed by atoms with van der Waals surface area (Å²) in [6, 6.07) is 0. The van der Waals surface area contributed by atoms with Crippen LogP contribution in [0.2, 0.25) is 0 Å². The van der Waals surface area contributed by atoms with E-state index >= 15 is 0 Å². The van der Waals surface area contributed by atoms with E-state index in [-0.39, 0.29) is 17.3 Å². The smallest absolute Gasteiger partial charge is 0.392 e. The highest BCUT2D eigenvalue weighted by Crippen LogP contribution is 2.44. The first-order valence-corrected chi connectivity index (χ1v) is 7.98. The Balaban J connectivity index is 2.54. The molecule has 1 aromatic rings. The van der Waals surface area contributed by atoms with Gasteiger partial charge in [-0.05, 0) is 6.92 Å². The molecule has 1 unspecified atom stereocenters. The molecule has 0 saturated carbocycles. The number of aliphatic hydroxyl groups is 1. The summed E-state index contributed by atoms with van der Waals surface area (Å²) < 4.78 is 47.7. The highest BCUT2D eigenvalue weighted by atomic mass is 32.2. The van der Waals surface area contributed by atoms with E-state index in [9.17, 15) is 19.3 Å². The number of phosphoric acid groups is 1. The second-order valence-corrected chi connectivity index (χ2v) is 6.58. The second-order valence-electron chi connectivity index (χ2n) is 4.15. The molecule has 0 radical (unpaired) electrons. The third-order valence-electron chi connectivity index (χ3n) is 2.53. The van der Waals surface area contributed by atoms with Crippen LogP contribution in [0.5, 0.6) is 0 Å². The monoisotopic (exact) mass is 346 g/mol. The number of H-pyrrole nitrogens is 1. The average molecular weight is 346 g/mol. The fourth-order valence-electron chi connectivity index (χ4n) is 1.52. The van der Waals surface area contributed by atoms with Crippen LogP contribution < -0.4 is 11.2 Å². The fraction of sp³-hybridized carbons (Fsp3) is 0.600. The molecule has 0 aromatic carbocycles. The van der Waals surface area contributed by atoms with Crippen molar-refractivity contribution in [2.45, 2.75) is 30.0 Å². The van der Waals surface area contributed by atoms with Crippen molar-refractivity contribution in [1.29, 1.82) is 0 Å². The molecule has 0 aliphatic carbocycles. The minimum atomic E-state index is -4.96. The first kappa shape index (κ1) is 11.6. The number of aryl methyl sites for hydroxylation is 1. The van der Waals surface area contributed by atoms with Crippen LogP contribution in [-0.4, -0.2) is 42.4 Å². The Hall–Kier alpha value is -0.900. The van der Waals surface area contributed by atoms with E-state index in [0.717, 1.165) is 6.20 Å². The lowest BCUT2D eigenvalue weighted by atomic mass is 10.4. The Bertz CT molecular complexity index is 852. The van der Waals surface area contributed by atoms with Crippen LogP contribution in [0.3, 0.4) is 0 Å². The average Bonchev–Trinajstić information content (AvgIpc) is 2.58. The molecule has 1 fully saturated rings. The Morgan fingerprint density at radius 1 is 1.67 bits per heavy atom. The third kappa shape index (κ3) is 4.06. The number of nitrogens with one attached hydrogen (secondary N) is 1. The molecule has 11 heteroatoms. The van der Waals surface area contributed by atoms with Crippen molar-refractivity contribution in [3.05, 3.63) is 32.6 Å². The number of aromatic nitrogens is 2. The van der Waals surface area contributed by atoms with E-state index in [0.29, 0.717) is 4.57 Å². The van der Waals surface area contributed by atoms with Crippen LogP contribution in [0.4, 0.5) is 0 Å². The van der Waals surface area contributed by atoms with Crippen molar-refractivity contribution in [3.63, 3.8) is 0 Å². The first-order chi connectivity index (χ1) is 11.1. The van der Waals surface area contributed by atoms with Gasteiger partial charge in [-0.15, -0.1) is 11.8 Å². The van der Waals surface area contributed by atoms with Gasteiger partial charge in [0, 0.05) is 20.9 Å². The molecule has 118 valence electrons. The van der Waals surface area contributed by atoms with Crippen molar-refractivity contribution in [2.24, 2.45) is 0 Å². The molecular formula is C10H15N2O7PS. The molecule has 0 spiro atoms. The van der Waals surface area contributed by atoms with Crippen LogP contribution in [0.1, 0.15) is 22.8 Å². The van der Waals surface area contributed by atoms with Gasteiger partial charge in [-0.2, -0.15) is 0 Å². The fourth-order valence-corrected chi connectivity index (χ4v) is 2.96. The maximum Gasteiger partial charge on any atom is 0.469 e. The second kappa shape index (κ2) is 6.07. The van der Waals surface area contributed by atoms with E-state index in [1.807, 2.05) is 4.98 Å². The summed E-state index contributed by atoms with van der Waals surface area (Å²) in [5.74, 6) is 0. The molecule has 1 aromatic heterocycles. The number of hydrogen-bond acceptors (Lipinski definition) is 6. The van der Waals surface area contributed by atoms with Crippen LogP contribution in [0, 0.1) is 6.92 Å². The predicted octanol–water partition coefficient (Wildman–Crippen LogP) is -0.681. The van der Waals surface area contributed by atoms with Gasteiger partial charge >= 0.3 is 13.5 Å². The zero-order chi connectivity index (χ0) is 19.4. The van der Waals surface area contributed by atoms with Gasteiger partial charge in [0.1, 0.15) is 0 Å². The number of aromatic amines is 1. The molecule has 0 amide bonds. The van der Waals surface area contributed by atoms with E-state index in [1.54, 1.807) is 0 Å². The van der Waals surface area contributed by atoms with Crippen LogP contribution in [0.15, 0.2) is 15.8 Å². The maximum absolute atomic E-state index is 12.0. The van der Waals surface area contributed by atoms with Gasteiger partial charge < -0.3 is 14.9 Å². The zero-order valence-corrected chi connectivity index (χ0v) is 12.4. The first-order valence-electron chi connectivity index (χ1n) is 7.57. The maximum atomic E-state index is 12.0.